The molecule has 0 unspecified atom stereocenters. The molecule has 5 nitrogen and oxygen atoms in total. The fraction of sp³-hybridized carbons (Fsp3) is 0.400. The summed E-state index contributed by atoms with van der Waals surface area (Å²) in [4.78, 5) is 12.0. The van der Waals surface area contributed by atoms with Gasteiger partial charge >= 0.3 is 0 Å². The number of nitrogens with zero attached hydrogens (tertiary/aromatic N) is 3. The highest BCUT2D eigenvalue weighted by Crippen LogP contribution is 2.51. The lowest BCUT2D eigenvalue weighted by Crippen LogP contribution is -2.35. The van der Waals surface area contributed by atoms with Crippen LogP contribution in [0, 0.1) is 0 Å². The summed E-state index contributed by atoms with van der Waals surface area (Å²) in [5.74, 6) is 1.70. The Labute approximate surface area is 172 Å². The maximum Gasteiger partial charge on any atom is 0.161 e. The van der Waals surface area contributed by atoms with Crippen molar-refractivity contribution in [1.82, 2.24) is 9.88 Å². The Morgan fingerprint density at radius 1 is 1.33 bits per heavy atom. The van der Waals surface area contributed by atoms with Gasteiger partial charge in [-0.2, -0.15) is 0 Å². The van der Waals surface area contributed by atoms with Gasteiger partial charge in [0.05, 0.1) is 18.3 Å². The quantitative estimate of drug-likeness (QED) is 0.703. The fourth-order valence-corrected chi connectivity index (χ4v) is 5.65. The predicted octanol–water partition coefficient (Wildman–Crippen LogP) is 4.93. The molecule has 0 radical (unpaired) electrons. The third kappa shape index (κ3) is 3.31. The second-order valence-electron chi connectivity index (χ2n) is 6.61. The molecule has 0 amide bonds. The number of fused-ring (bicyclic) bond motifs is 1. The summed E-state index contributed by atoms with van der Waals surface area (Å²) in [6.07, 6.45) is 2.88. The minimum Gasteiger partial charge on any atom is -0.504 e. The first-order valence-corrected chi connectivity index (χ1v) is 11.0. The van der Waals surface area contributed by atoms with E-state index in [0.29, 0.717) is 18.4 Å². The molecule has 0 aliphatic carbocycles. The van der Waals surface area contributed by atoms with Crippen LogP contribution in [0.4, 0.5) is 0 Å². The lowest BCUT2D eigenvalue weighted by atomic mass is 9.95. The molecule has 3 heterocycles. The van der Waals surface area contributed by atoms with Crippen molar-refractivity contribution in [2.75, 3.05) is 12.4 Å². The molecule has 0 spiro atoms. The lowest BCUT2D eigenvalue weighted by Gasteiger charge is -2.32. The maximum atomic E-state index is 10.2. The van der Waals surface area contributed by atoms with Gasteiger partial charge in [-0.3, -0.25) is 9.98 Å². The largest absolute Gasteiger partial charge is 0.504 e. The van der Waals surface area contributed by atoms with Crippen molar-refractivity contribution in [3.8, 4) is 11.5 Å². The smallest absolute Gasteiger partial charge is 0.161 e. The summed E-state index contributed by atoms with van der Waals surface area (Å²) >= 11 is 5.48. The normalized spacial score (nSPS) is 24.0. The van der Waals surface area contributed by atoms with E-state index in [2.05, 4.69) is 32.7 Å². The van der Waals surface area contributed by atoms with Gasteiger partial charge < -0.3 is 14.7 Å². The molecule has 2 aromatic rings. The first-order valence-electron chi connectivity index (χ1n) is 9.19. The van der Waals surface area contributed by atoms with Crippen molar-refractivity contribution in [2.45, 2.75) is 38.4 Å². The van der Waals surface area contributed by atoms with Crippen molar-refractivity contribution in [3.63, 3.8) is 0 Å². The van der Waals surface area contributed by atoms with Crippen LogP contribution in [0.5, 0.6) is 11.5 Å². The molecule has 1 N–H and O–H groups in total. The molecule has 1 fully saturated rings. The van der Waals surface area contributed by atoms with Crippen molar-refractivity contribution < 1.29 is 9.84 Å². The first kappa shape index (κ1) is 18.6. The van der Waals surface area contributed by atoms with Crippen LogP contribution >= 0.6 is 27.7 Å². The van der Waals surface area contributed by atoms with Crippen molar-refractivity contribution in [1.29, 1.82) is 0 Å². The SMILES string of the molecule is CCOc1cc([C@@H]2[C@H](c3ccccn3)N=C3SC[C@H](CC)N32)c(Br)cc1O. The van der Waals surface area contributed by atoms with Crippen LogP contribution in [0.15, 0.2) is 46.0 Å². The predicted molar refractivity (Wildman–Crippen MR) is 113 cm³/mol. The van der Waals surface area contributed by atoms with E-state index in [1.54, 1.807) is 6.07 Å². The summed E-state index contributed by atoms with van der Waals surface area (Å²) < 4.78 is 6.51. The van der Waals surface area contributed by atoms with Crippen molar-refractivity contribution in [3.05, 3.63) is 52.3 Å². The molecule has 0 bridgehead atoms. The Morgan fingerprint density at radius 3 is 2.89 bits per heavy atom. The Bertz CT molecular complexity index is 862. The fourth-order valence-electron chi connectivity index (χ4n) is 3.74. The topological polar surface area (TPSA) is 58.0 Å². The number of hydrogen-bond acceptors (Lipinski definition) is 6. The van der Waals surface area contributed by atoms with Gasteiger partial charge in [-0.1, -0.05) is 40.7 Å². The van der Waals surface area contributed by atoms with E-state index in [1.807, 2.05) is 49.1 Å². The first-order chi connectivity index (χ1) is 13.1. The number of pyridine rings is 1. The van der Waals surface area contributed by atoms with E-state index in [0.717, 1.165) is 33.1 Å². The molecule has 4 rings (SSSR count). The van der Waals surface area contributed by atoms with Crippen LogP contribution in [-0.4, -0.2) is 38.6 Å². The average Bonchev–Trinajstić information content (AvgIpc) is 3.24. The Balaban J connectivity index is 1.83. The monoisotopic (exact) mass is 447 g/mol. The highest BCUT2D eigenvalue weighted by atomic mass is 79.9. The third-order valence-corrected chi connectivity index (χ3v) is 6.84. The van der Waals surface area contributed by atoms with Gasteiger partial charge in [0.1, 0.15) is 6.04 Å². The standard InChI is InChI=1S/C20H22BrN3O2S/c1-3-12-11-27-20-23-18(15-7-5-6-8-22-15)19(24(12)20)13-9-17(26-4-2)16(25)10-14(13)21/h5-10,12,18-19,25H,3-4,11H2,1-2H3/t12-,18-,19+/m0/s1. The van der Waals surface area contributed by atoms with Gasteiger partial charge in [0.15, 0.2) is 16.7 Å². The van der Waals surface area contributed by atoms with Crippen LogP contribution in [0.3, 0.4) is 0 Å². The van der Waals surface area contributed by atoms with Gasteiger partial charge in [0, 0.05) is 22.5 Å². The summed E-state index contributed by atoms with van der Waals surface area (Å²) in [5.41, 5.74) is 2.02. The Morgan fingerprint density at radius 2 is 2.19 bits per heavy atom. The van der Waals surface area contributed by atoms with Crippen LogP contribution in [0.25, 0.3) is 0 Å². The lowest BCUT2D eigenvalue weighted by molar-refractivity contribution is 0.252. The van der Waals surface area contributed by atoms with E-state index in [-0.39, 0.29) is 17.8 Å². The number of phenols is 1. The highest BCUT2D eigenvalue weighted by Gasteiger charge is 2.46. The number of hydrogen-bond donors (Lipinski definition) is 1. The molecule has 0 saturated carbocycles. The number of ether oxygens (including phenoxy) is 1. The van der Waals surface area contributed by atoms with Crippen molar-refractivity contribution >= 4 is 32.9 Å². The number of amidine groups is 1. The number of aliphatic imine (C=N–C) groups is 1. The Kier molecular flexibility index (Phi) is 5.32. The van der Waals surface area contributed by atoms with Gasteiger partial charge in [-0.05, 0) is 43.2 Å². The van der Waals surface area contributed by atoms with Crippen LogP contribution in [0.2, 0.25) is 0 Å². The summed E-state index contributed by atoms with van der Waals surface area (Å²) in [6.45, 7) is 4.64. The number of phenolic OH excluding ortho intramolecular Hbond substituents is 1. The van der Waals surface area contributed by atoms with E-state index in [9.17, 15) is 5.11 Å². The molecule has 1 aromatic heterocycles. The minimum atomic E-state index is -0.0848. The highest BCUT2D eigenvalue weighted by molar-refractivity contribution is 9.10. The van der Waals surface area contributed by atoms with Gasteiger partial charge in [0.2, 0.25) is 0 Å². The molecule has 1 aromatic carbocycles. The van der Waals surface area contributed by atoms with Crippen LogP contribution in [-0.2, 0) is 0 Å². The zero-order chi connectivity index (χ0) is 19.0. The summed E-state index contributed by atoms with van der Waals surface area (Å²) in [7, 11) is 0. The number of thioether (sulfide) groups is 1. The molecule has 1 saturated heterocycles. The Hall–Kier alpha value is -1.73. The molecular formula is C20H22BrN3O2S. The van der Waals surface area contributed by atoms with E-state index in [4.69, 9.17) is 9.73 Å². The second kappa shape index (κ2) is 7.72. The number of benzene rings is 1. The summed E-state index contributed by atoms with van der Waals surface area (Å²) in [5, 5.41) is 11.3. The molecule has 2 aliphatic rings. The number of halogens is 1. The molecule has 2 aliphatic heterocycles. The van der Waals surface area contributed by atoms with Gasteiger partial charge in [-0.15, -0.1) is 0 Å². The van der Waals surface area contributed by atoms with Crippen LogP contribution in [0.1, 0.15) is 43.6 Å². The zero-order valence-corrected chi connectivity index (χ0v) is 17.7. The molecule has 27 heavy (non-hydrogen) atoms. The summed E-state index contributed by atoms with van der Waals surface area (Å²) in [6, 6.07) is 9.99. The van der Waals surface area contributed by atoms with Gasteiger partial charge in [-0.25, -0.2) is 0 Å². The zero-order valence-electron chi connectivity index (χ0n) is 15.3. The van der Waals surface area contributed by atoms with E-state index < -0.39 is 0 Å². The number of aromatic hydroxyl groups is 1. The van der Waals surface area contributed by atoms with E-state index in [1.165, 1.54) is 0 Å². The molecular weight excluding hydrogens is 426 g/mol. The molecule has 142 valence electrons. The minimum absolute atomic E-state index is 0.0176. The average molecular weight is 448 g/mol. The van der Waals surface area contributed by atoms with Gasteiger partial charge in [0.25, 0.3) is 0 Å². The second-order valence-corrected chi connectivity index (χ2v) is 8.45. The number of aromatic nitrogens is 1. The third-order valence-electron chi connectivity index (χ3n) is 5.03. The van der Waals surface area contributed by atoms with Crippen LogP contribution < -0.4 is 4.74 Å². The van der Waals surface area contributed by atoms with Crippen molar-refractivity contribution in [2.24, 2.45) is 4.99 Å². The molecule has 3 atom stereocenters. The van der Waals surface area contributed by atoms with E-state index >= 15 is 0 Å². The molecule has 7 heteroatoms. The maximum absolute atomic E-state index is 10.2. The number of rotatable bonds is 5.